The summed E-state index contributed by atoms with van der Waals surface area (Å²) in [5, 5.41) is 9.16. The molecule has 0 heterocycles. The second-order valence-electron chi connectivity index (χ2n) is 5.30. The molecule has 21 heavy (non-hydrogen) atoms. The number of carboxylic acid groups (broad SMARTS) is 1. The van der Waals surface area contributed by atoms with Gasteiger partial charge in [0, 0.05) is 5.92 Å². The monoisotopic (exact) mass is 284 g/mol. The molecule has 0 aromatic heterocycles. The SMILES string of the molecule is CC(C)Oc1ccc([C@H](CC(=O)O)c2ccccc2)cc1. The van der Waals surface area contributed by atoms with Gasteiger partial charge in [-0.1, -0.05) is 42.5 Å². The van der Waals surface area contributed by atoms with Gasteiger partial charge in [-0.2, -0.15) is 0 Å². The lowest BCUT2D eigenvalue weighted by molar-refractivity contribution is -0.137. The number of hydrogen-bond donors (Lipinski definition) is 1. The number of carbonyl (C=O) groups is 1. The van der Waals surface area contributed by atoms with Crippen LogP contribution in [0.5, 0.6) is 5.75 Å². The van der Waals surface area contributed by atoms with Gasteiger partial charge >= 0.3 is 5.97 Å². The number of benzene rings is 2. The van der Waals surface area contributed by atoms with Crippen molar-refractivity contribution in [3.63, 3.8) is 0 Å². The lowest BCUT2D eigenvalue weighted by Crippen LogP contribution is -2.09. The molecular formula is C18H20O3. The average molecular weight is 284 g/mol. The summed E-state index contributed by atoms with van der Waals surface area (Å²) in [6, 6.07) is 17.4. The minimum absolute atomic E-state index is 0.0778. The molecule has 0 bridgehead atoms. The van der Waals surface area contributed by atoms with E-state index in [1.807, 2.05) is 68.4 Å². The quantitative estimate of drug-likeness (QED) is 0.869. The second kappa shape index (κ2) is 6.93. The molecule has 0 aliphatic carbocycles. The Labute approximate surface area is 125 Å². The van der Waals surface area contributed by atoms with Gasteiger partial charge < -0.3 is 9.84 Å². The Bertz CT molecular complexity index is 573. The maximum absolute atomic E-state index is 11.1. The van der Waals surface area contributed by atoms with Crippen LogP contribution in [0, 0.1) is 0 Å². The van der Waals surface area contributed by atoms with Crippen molar-refractivity contribution in [1.82, 2.24) is 0 Å². The first-order chi connectivity index (χ1) is 10.1. The van der Waals surface area contributed by atoms with Gasteiger partial charge in [0.05, 0.1) is 12.5 Å². The van der Waals surface area contributed by atoms with Crippen LogP contribution in [-0.2, 0) is 4.79 Å². The van der Waals surface area contributed by atoms with E-state index in [0.717, 1.165) is 16.9 Å². The van der Waals surface area contributed by atoms with E-state index in [2.05, 4.69) is 0 Å². The smallest absolute Gasteiger partial charge is 0.304 e. The van der Waals surface area contributed by atoms with Crippen molar-refractivity contribution >= 4 is 5.97 Å². The molecule has 0 aliphatic heterocycles. The molecule has 1 N–H and O–H groups in total. The molecule has 0 saturated heterocycles. The van der Waals surface area contributed by atoms with Crippen molar-refractivity contribution in [3.05, 3.63) is 65.7 Å². The number of ether oxygens (including phenoxy) is 1. The van der Waals surface area contributed by atoms with E-state index < -0.39 is 5.97 Å². The third kappa shape index (κ3) is 4.35. The number of rotatable bonds is 6. The van der Waals surface area contributed by atoms with Crippen LogP contribution >= 0.6 is 0 Å². The van der Waals surface area contributed by atoms with Crippen LogP contribution in [0.3, 0.4) is 0 Å². The van der Waals surface area contributed by atoms with Crippen molar-refractivity contribution < 1.29 is 14.6 Å². The summed E-state index contributed by atoms with van der Waals surface area (Å²) in [6.07, 6.45) is 0.203. The molecular weight excluding hydrogens is 264 g/mol. The lowest BCUT2D eigenvalue weighted by Gasteiger charge is -2.17. The Morgan fingerprint density at radius 1 is 1.00 bits per heavy atom. The normalized spacial score (nSPS) is 12.1. The molecule has 2 rings (SSSR count). The maximum Gasteiger partial charge on any atom is 0.304 e. The van der Waals surface area contributed by atoms with Crippen LogP contribution in [-0.4, -0.2) is 17.2 Å². The number of carboxylic acids is 1. The van der Waals surface area contributed by atoms with Crippen LogP contribution in [0.2, 0.25) is 0 Å². The van der Waals surface area contributed by atoms with E-state index in [-0.39, 0.29) is 18.4 Å². The van der Waals surface area contributed by atoms with Crippen molar-refractivity contribution in [2.45, 2.75) is 32.3 Å². The molecule has 0 amide bonds. The predicted molar refractivity (Wildman–Crippen MR) is 82.7 cm³/mol. The first kappa shape index (κ1) is 15.1. The summed E-state index contributed by atoms with van der Waals surface area (Å²) in [5.74, 6) is -0.140. The molecule has 0 saturated carbocycles. The van der Waals surface area contributed by atoms with Crippen LogP contribution in [0.15, 0.2) is 54.6 Å². The van der Waals surface area contributed by atoms with Gasteiger partial charge in [0.2, 0.25) is 0 Å². The maximum atomic E-state index is 11.1. The fourth-order valence-electron chi connectivity index (χ4n) is 2.34. The molecule has 3 heteroatoms. The zero-order valence-corrected chi connectivity index (χ0v) is 12.3. The first-order valence-electron chi connectivity index (χ1n) is 7.09. The summed E-state index contributed by atoms with van der Waals surface area (Å²) in [7, 11) is 0. The van der Waals surface area contributed by atoms with Gasteiger partial charge in [0.15, 0.2) is 0 Å². The number of hydrogen-bond acceptors (Lipinski definition) is 2. The Morgan fingerprint density at radius 2 is 1.57 bits per heavy atom. The van der Waals surface area contributed by atoms with Crippen molar-refractivity contribution in [3.8, 4) is 5.75 Å². The molecule has 0 radical (unpaired) electrons. The molecule has 2 aromatic carbocycles. The molecule has 2 aromatic rings. The van der Waals surface area contributed by atoms with Gasteiger partial charge in [-0.25, -0.2) is 0 Å². The molecule has 3 nitrogen and oxygen atoms in total. The van der Waals surface area contributed by atoms with Gasteiger partial charge in [-0.3, -0.25) is 4.79 Å². The zero-order valence-electron chi connectivity index (χ0n) is 12.3. The molecule has 0 aliphatic rings. The minimum atomic E-state index is -0.800. The lowest BCUT2D eigenvalue weighted by atomic mass is 9.88. The summed E-state index contributed by atoms with van der Waals surface area (Å²) < 4.78 is 5.62. The van der Waals surface area contributed by atoms with Crippen molar-refractivity contribution in [1.29, 1.82) is 0 Å². The van der Waals surface area contributed by atoms with E-state index in [1.54, 1.807) is 0 Å². The molecule has 110 valence electrons. The van der Waals surface area contributed by atoms with Gasteiger partial charge in [0.25, 0.3) is 0 Å². The fraction of sp³-hybridized carbons (Fsp3) is 0.278. The van der Waals surface area contributed by atoms with Gasteiger partial charge in [0.1, 0.15) is 5.75 Å². The Morgan fingerprint density at radius 3 is 2.10 bits per heavy atom. The highest BCUT2D eigenvalue weighted by molar-refractivity contribution is 5.69. The summed E-state index contributed by atoms with van der Waals surface area (Å²) in [5.41, 5.74) is 2.00. The van der Waals surface area contributed by atoms with Gasteiger partial charge in [-0.15, -0.1) is 0 Å². The average Bonchev–Trinajstić information content (AvgIpc) is 2.46. The Hall–Kier alpha value is -2.29. The van der Waals surface area contributed by atoms with E-state index in [4.69, 9.17) is 9.84 Å². The highest BCUT2D eigenvalue weighted by Gasteiger charge is 2.17. The van der Waals surface area contributed by atoms with Crippen LogP contribution in [0.25, 0.3) is 0 Å². The van der Waals surface area contributed by atoms with Crippen molar-refractivity contribution in [2.75, 3.05) is 0 Å². The third-order valence-electron chi connectivity index (χ3n) is 3.23. The zero-order chi connectivity index (χ0) is 15.2. The summed E-state index contributed by atoms with van der Waals surface area (Å²) in [4.78, 5) is 11.1. The number of aliphatic carboxylic acids is 1. The summed E-state index contributed by atoms with van der Waals surface area (Å²) in [6.45, 7) is 3.95. The van der Waals surface area contributed by atoms with E-state index in [0.29, 0.717) is 0 Å². The predicted octanol–water partition coefficient (Wildman–Crippen LogP) is 4.08. The summed E-state index contributed by atoms with van der Waals surface area (Å²) >= 11 is 0. The standard InChI is InChI=1S/C18H20O3/c1-13(2)21-16-10-8-15(9-11-16)17(12-18(19)20)14-6-4-3-5-7-14/h3-11,13,17H,12H2,1-2H3,(H,19,20)/t17-/m1/s1. The van der Waals surface area contributed by atoms with Gasteiger partial charge in [-0.05, 0) is 37.1 Å². The highest BCUT2D eigenvalue weighted by Crippen LogP contribution is 2.29. The highest BCUT2D eigenvalue weighted by atomic mass is 16.5. The van der Waals surface area contributed by atoms with E-state index >= 15 is 0 Å². The third-order valence-corrected chi connectivity index (χ3v) is 3.23. The van der Waals surface area contributed by atoms with E-state index in [1.165, 1.54) is 0 Å². The van der Waals surface area contributed by atoms with Crippen LogP contribution in [0.1, 0.15) is 37.3 Å². The molecule has 0 fully saturated rings. The fourth-order valence-corrected chi connectivity index (χ4v) is 2.34. The second-order valence-corrected chi connectivity index (χ2v) is 5.30. The van der Waals surface area contributed by atoms with Crippen LogP contribution in [0.4, 0.5) is 0 Å². The Balaban J connectivity index is 2.27. The minimum Gasteiger partial charge on any atom is -0.491 e. The first-order valence-corrected chi connectivity index (χ1v) is 7.09. The molecule has 0 unspecified atom stereocenters. The van der Waals surface area contributed by atoms with E-state index in [9.17, 15) is 4.79 Å². The largest absolute Gasteiger partial charge is 0.491 e. The molecule has 1 atom stereocenters. The Kier molecular flexibility index (Phi) is 4.99. The van der Waals surface area contributed by atoms with Crippen LogP contribution < -0.4 is 4.74 Å². The van der Waals surface area contributed by atoms with Crippen molar-refractivity contribution in [2.24, 2.45) is 0 Å². The topological polar surface area (TPSA) is 46.5 Å². The molecule has 0 spiro atoms.